The molecular formula is C18H22N2O2S. The van der Waals surface area contributed by atoms with Crippen molar-refractivity contribution in [3.8, 4) is 5.75 Å². The number of hydrogen-bond donors (Lipinski definition) is 1. The van der Waals surface area contributed by atoms with Crippen molar-refractivity contribution in [1.82, 2.24) is 4.98 Å². The number of nitrogens with zero attached hydrogens (tertiary/aromatic N) is 1. The molecule has 1 aliphatic rings. The predicted octanol–water partition coefficient (Wildman–Crippen LogP) is 4.31. The number of rotatable bonds is 5. The van der Waals surface area contributed by atoms with Gasteiger partial charge in [-0.1, -0.05) is 13.8 Å². The summed E-state index contributed by atoms with van der Waals surface area (Å²) in [7, 11) is 0. The van der Waals surface area contributed by atoms with Gasteiger partial charge in [0.2, 0.25) is 0 Å². The van der Waals surface area contributed by atoms with Crippen molar-refractivity contribution in [2.24, 2.45) is 5.92 Å². The van der Waals surface area contributed by atoms with Crippen LogP contribution in [-0.2, 0) is 12.8 Å². The molecule has 3 rings (SSSR count). The second kappa shape index (κ2) is 7.13. The Labute approximate surface area is 140 Å². The summed E-state index contributed by atoms with van der Waals surface area (Å²) in [6.07, 6.45) is 4.25. The molecule has 0 fully saturated rings. The van der Waals surface area contributed by atoms with Crippen LogP contribution in [0.15, 0.2) is 24.3 Å². The minimum absolute atomic E-state index is 0.119. The summed E-state index contributed by atoms with van der Waals surface area (Å²) in [5, 5.41) is 3.63. The normalized spacial score (nSPS) is 16.7. The van der Waals surface area contributed by atoms with Crippen molar-refractivity contribution in [3.05, 3.63) is 40.4 Å². The molecule has 1 heterocycles. The van der Waals surface area contributed by atoms with Gasteiger partial charge in [-0.3, -0.25) is 10.1 Å². The molecule has 4 nitrogen and oxygen atoms in total. The van der Waals surface area contributed by atoms with Gasteiger partial charge in [-0.15, -0.1) is 11.3 Å². The first-order valence-corrected chi connectivity index (χ1v) is 9.00. The average Bonchev–Trinajstić information content (AvgIpc) is 2.94. The van der Waals surface area contributed by atoms with Gasteiger partial charge in [0.05, 0.1) is 12.3 Å². The molecule has 23 heavy (non-hydrogen) atoms. The highest BCUT2D eigenvalue weighted by Crippen LogP contribution is 2.32. The number of fused-ring (bicyclic) bond motifs is 1. The molecule has 1 atom stereocenters. The minimum atomic E-state index is -0.119. The first kappa shape index (κ1) is 16.0. The SMILES string of the molecule is CCCOc1ccc(C(=O)Nc2nc3c(s2)C[C@H](C)CC3)cc1. The lowest BCUT2D eigenvalue weighted by Gasteiger charge is -2.15. The van der Waals surface area contributed by atoms with E-state index in [9.17, 15) is 4.79 Å². The number of anilines is 1. The number of aryl methyl sites for hydroxylation is 1. The smallest absolute Gasteiger partial charge is 0.257 e. The van der Waals surface area contributed by atoms with Crippen LogP contribution in [0.2, 0.25) is 0 Å². The van der Waals surface area contributed by atoms with Crippen LogP contribution < -0.4 is 10.1 Å². The highest BCUT2D eigenvalue weighted by molar-refractivity contribution is 7.15. The maximum absolute atomic E-state index is 12.3. The van der Waals surface area contributed by atoms with Crippen LogP contribution in [-0.4, -0.2) is 17.5 Å². The van der Waals surface area contributed by atoms with E-state index in [0.717, 1.165) is 30.7 Å². The summed E-state index contributed by atoms with van der Waals surface area (Å²) in [5.74, 6) is 1.38. The Kier molecular flexibility index (Phi) is 4.96. The number of hydrogen-bond acceptors (Lipinski definition) is 4. The molecule has 0 saturated carbocycles. The van der Waals surface area contributed by atoms with Crippen LogP contribution in [0.5, 0.6) is 5.75 Å². The maximum Gasteiger partial charge on any atom is 0.257 e. The van der Waals surface area contributed by atoms with Gasteiger partial charge in [0.25, 0.3) is 5.91 Å². The maximum atomic E-state index is 12.3. The topological polar surface area (TPSA) is 51.2 Å². The fourth-order valence-corrected chi connectivity index (χ4v) is 3.85. The Morgan fingerprint density at radius 2 is 2.17 bits per heavy atom. The fraction of sp³-hybridized carbons (Fsp3) is 0.444. The third-order valence-electron chi connectivity index (χ3n) is 4.00. The number of benzene rings is 1. The molecule has 0 unspecified atom stereocenters. The number of amides is 1. The summed E-state index contributed by atoms with van der Waals surface area (Å²) >= 11 is 1.61. The lowest BCUT2D eigenvalue weighted by atomic mass is 9.93. The molecule has 0 aliphatic heterocycles. The predicted molar refractivity (Wildman–Crippen MR) is 93.5 cm³/mol. The Morgan fingerprint density at radius 1 is 1.39 bits per heavy atom. The Morgan fingerprint density at radius 3 is 2.91 bits per heavy atom. The van der Waals surface area contributed by atoms with Crippen molar-refractivity contribution in [3.63, 3.8) is 0 Å². The quantitative estimate of drug-likeness (QED) is 0.889. The summed E-state index contributed by atoms with van der Waals surface area (Å²) in [5.41, 5.74) is 1.78. The second-order valence-corrected chi connectivity index (χ2v) is 7.15. The van der Waals surface area contributed by atoms with Crippen LogP contribution >= 0.6 is 11.3 Å². The summed E-state index contributed by atoms with van der Waals surface area (Å²) in [4.78, 5) is 18.2. The largest absolute Gasteiger partial charge is 0.494 e. The third kappa shape index (κ3) is 3.91. The molecule has 1 aliphatic carbocycles. The zero-order valence-electron chi connectivity index (χ0n) is 13.6. The van der Waals surface area contributed by atoms with Gasteiger partial charge in [-0.25, -0.2) is 4.98 Å². The first-order chi connectivity index (χ1) is 11.2. The molecule has 0 radical (unpaired) electrons. The van der Waals surface area contributed by atoms with E-state index in [1.165, 1.54) is 11.3 Å². The van der Waals surface area contributed by atoms with Crippen molar-refractivity contribution >= 4 is 22.4 Å². The van der Waals surface area contributed by atoms with E-state index in [0.29, 0.717) is 23.2 Å². The van der Waals surface area contributed by atoms with E-state index >= 15 is 0 Å². The van der Waals surface area contributed by atoms with E-state index in [4.69, 9.17) is 4.74 Å². The van der Waals surface area contributed by atoms with Crippen molar-refractivity contribution in [1.29, 1.82) is 0 Å². The Balaban J connectivity index is 1.65. The molecule has 2 aromatic rings. The van der Waals surface area contributed by atoms with Crippen LogP contribution in [0, 0.1) is 5.92 Å². The van der Waals surface area contributed by atoms with Gasteiger partial charge in [0, 0.05) is 10.4 Å². The third-order valence-corrected chi connectivity index (χ3v) is 5.03. The van der Waals surface area contributed by atoms with Crippen LogP contribution in [0.25, 0.3) is 0 Å². The van der Waals surface area contributed by atoms with Gasteiger partial charge in [0.15, 0.2) is 5.13 Å². The zero-order valence-corrected chi connectivity index (χ0v) is 14.4. The zero-order chi connectivity index (χ0) is 16.2. The van der Waals surface area contributed by atoms with Gasteiger partial charge in [-0.2, -0.15) is 0 Å². The molecule has 1 aromatic carbocycles. The number of aromatic nitrogens is 1. The monoisotopic (exact) mass is 330 g/mol. The van der Waals surface area contributed by atoms with E-state index in [1.54, 1.807) is 23.5 Å². The minimum Gasteiger partial charge on any atom is -0.494 e. The lowest BCUT2D eigenvalue weighted by molar-refractivity contribution is 0.102. The molecular weight excluding hydrogens is 308 g/mol. The standard InChI is InChI=1S/C18H22N2O2S/c1-3-10-22-14-7-5-13(6-8-14)17(21)20-18-19-15-9-4-12(2)11-16(15)23-18/h5-8,12H,3-4,9-11H2,1-2H3,(H,19,20,21)/t12-/m1/s1. The molecule has 5 heteroatoms. The second-order valence-electron chi connectivity index (χ2n) is 6.06. The van der Waals surface area contributed by atoms with Crippen molar-refractivity contribution < 1.29 is 9.53 Å². The van der Waals surface area contributed by atoms with Crippen LogP contribution in [0.3, 0.4) is 0 Å². The fourth-order valence-electron chi connectivity index (χ4n) is 2.69. The summed E-state index contributed by atoms with van der Waals surface area (Å²) < 4.78 is 5.53. The van der Waals surface area contributed by atoms with Gasteiger partial charge in [-0.05, 0) is 55.9 Å². The van der Waals surface area contributed by atoms with Crippen LogP contribution in [0.4, 0.5) is 5.13 Å². The van der Waals surface area contributed by atoms with Gasteiger partial charge >= 0.3 is 0 Å². The number of carbonyl (C=O) groups is 1. The molecule has 1 N–H and O–H groups in total. The average molecular weight is 330 g/mol. The van der Waals surface area contributed by atoms with Gasteiger partial charge in [0.1, 0.15) is 5.75 Å². The van der Waals surface area contributed by atoms with Crippen molar-refractivity contribution in [2.75, 3.05) is 11.9 Å². The van der Waals surface area contributed by atoms with E-state index in [1.807, 2.05) is 12.1 Å². The molecule has 1 aromatic heterocycles. The summed E-state index contributed by atoms with van der Waals surface area (Å²) in [6, 6.07) is 7.24. The number of carbonyl (C=O) groups excluding carboxylic acids is 1. The Bertz CT molecular complexity index is 679. The number of thiazole rings is 1. The Hall–Kier alpha value is -1.88. The molecule has 0 bridgehead atoms. The highest BCUT2D eigenvalue weighted by Gasteiger charge is 2.20. The van der Waals surface area contributed by atoms with Crippen molar-refractivity contribution in [2.45, 2.75) is 39.5 Å². The van der Waals surface area contributed by atoms with Gasteiger partial charge < -0.3 is 4.74 Å². The number of nitrogens with one attached hydrogen (secondary N) is 1. The molecule has 0 spiro atoms. The molecule has 122 valence electrons. The first-order valence-electron chi connectivity index (χ1n) is 8.18. The molecule has 1 amide bonds. The summed E-state index contributed by atoms with van der Waals surface area (Å²) in [6.45, 7) is 5.02. The van der Waals surface area contributed by atoms with E-state index in [2.05, 4.69) is 24.1 Å². The van der Waals surface area contributed by atoms with E-state index in [-0.39, 0.29) is 5.91 Å². The number of ether oxygens (including phenoxy) is 1. The van der Waals surface area contributed by atoms with E-state index < -0.39 is 0 Å². The molecule has 0 saturated heterocycles. The lowest BCUT2D eigenvalue weighted by Crippen LogP contribution is -2.12. The van der Waals surface area contributed by atoms with Crippen LogP contribution in [0.1, 0.15) is 47.6 Å². The highest BCUT2D eigenvalue weighted by atomic mass is 32.1.